The van der Waals surface area contributed by atoms with Gasteiger partial charge < -0.3 is 4.57 Å². The molecule has 0 amide bonds. The second-order valence-electron chi connectivity index (χ2n) is 14.4. The highest BCUT2D eigenvalue weighted by Crippen LogP contribution is 2.42. The number of fused-ring (bicyclic) bond motifs is 9. The van der Waals surface area contributed by atoms with Gasteiger partial charge in [0.2, 0.25) is 0 Å². The van der Waals surface area contributed by atoms with Crippen molar-refractivity contribution in [2.75, 3.05) is 0 Å². The highest BCUT2D eigenvalue weighted by atomic mass is 32.1. The summed E-state index contributed by atoms with van der Waals surface area (Å²) in [4.78, 5) is 15.7. The summed E-state index contributed by atoms with van der Waals surface area (Å²) in [7, 11) is 0. The summed E-state index contributed by atoms with van der Waals surface area (Å²) >= 11 is 1.79. The Morgan fingerprint density at radius 3 is 1.59 bits per heavy atom. The minimum atomic E-state index is 0.647. The first-order valence-corrected chi connectivity index (χ1v) is 19.7. The van der Waals surface area contributed by atoms with Crippen LogP contribution >= 0.6 is 11.3 Å². The van der Waals surface area contributed by atoms with Gasteiger partial charge in [0.25, 0.3) is 0 Å². The van der Waals surface area contributed by atoms with Crippen LogP contribution in [0, 0.1) is 0 Å². The molecule has 0 spiro atoms. The number of nitrogens with zero attached hydrogens (tertiary/aromatic N) is 4. The van der Waals surface area contributed by atoms with E-state index in [4.69, 9.17) is 15.0 Å². The smallest absolute Gasteiger partial charge is 0.165 e. The molecule has 0 radical (unpaired) electrons. The van der Waals surface area contributed by atoms with Gasteiger partial charge in [-0.1, -0.05) is 140 Å². The predicted molar refractivity (Wildman–Crippen MR) is 236 cm³/mol. The number of benzene rings is 9. The summed E-state index contributed by atoms with van der Waals surface area (Å²) in [6.07, 6.45) is 0. The van der Waals surface area contributed by atoms with Crippen molar-refractivity contribution in [3.05, 3.63) is 182 Å². The molecule has 5 heteroatoms. The maximum atomic E-state index is 5.31. The quantitative estimate of drug-likeness (QED) is 0.181. The molecular formula is C51H30N4S. The summed E-state index contributed by atoms with van der Waals surface area (Å²) in [6, 6.07) is 65.1. The number of aromatic nitrogens is 4. The van der Waals surface area contributed by atoms with E-state index < -0.39 is 0 Å². The van der Waals surface area contributed by atoms with Crippen LogP contribution in [0.5, 0.6) is 0 Å². The molecule has 0 aliphatic carbocycles. The van der Waals surface area contributed by atoms with E-state index in [1.54, 1.807) is 11.3 Å². The van der Waals surface area contributed by atoms with Crippen LogP contribution < -0.4 is 0 Å². The van der Waals surface area contributed by atoms with Gasteiger partial charge in [-0.05, 0) is 69.4 Å². The second-order valence-corrected chi connectivity index (χ2v) is 15.5. The van der Waals surface area contributed by atoms with Crippen LogP contribution in [0.3, 0.4) is 0 Å². The number of hydrogen-bond donors (Lipinski definition) is 0. The van der Waals surface area contributed by atoms with Crippen molar-refractivity contribution < 1.29 is 0 Å². The molecule has 4 nitrogen and oxygen atoms in total. The van der Waals surface area contributed by atoms with Gasteiger partial charge >= 0.3 is 0 Å². The Morgan fingerprint density at radius 2 is 0.875 bits per heavy atom. The van der Waals surface area contributed by atoms with Gasteiger partial charge in [0, 0.05) is 53.0 Å². The fraction of sp³-hybridized carbons (Fsp3) is 0. The summed E-state index contributed by atoms with van der Waals surface area (Å²) in [5.74, 6) is 1.97. The first-order valence-electron chi connectivity index (χ1n) is 18.9. The van der Waals surface area contributed by atoms with E-state index in [1.807, 2.05) is 18.2 Å². The van der Waals surface area contributed by atoms with Crippen molar-refractivity contribution in [1.29, 1.82) is 0 Å². The van der Waals surface area contributed by atoms with E-state index >= 15 is 0 Å². The van der Waals surface area contributed by atoms with E-state index in [1.165, 1.54) is 63.5 Å². The molecular weight excluding hydrogens is 701 g/mol. The first kappa shape index (κ1) is 31.2. The van der Waals surface area contributed by atoms with Crippen LogP contribution in [-0.2, 0) is 0 Å². The lowest BCUT2D eigenvalue weighted by atomic mass is 10.0. The Kier molecular flexibility index (Phi) is 6.76. The lowest BCUT2D eigenvalue weighted by Gasteiger charge is -2.15. The fourth-order valence-electron chi connectivity index (χ4n) is 8.59. The summed E-state index contributed by atoms with van der Waals surface area (Å²) < 4.78 is 4.88. The van der Waals surface area contributed by atoms with E-state index in [2.05, 4.69) is 168 Å². The lowest BCUT2D eigenvalue weighted by molar-refractivity contribution is 1.08. The van der Waals surface area contributed by atoms with Crippen molar-refractivity contribution in [2.45, 2.75) is 0 Å². The van der Waals surface area contributed by atoms with E-state index in [9.17, 15) is 0 Å². The topological polar surface area (TPSA) is 43.6 Å². The van der Waals surface area contributed by atoms with Crippen LogP contribution in [-0.4, -0.2) is 19.5 Å². The Morgan fingerprint density at radius 1 is 0.357 bits per heavy atom. The molecule has 3 heterocycles. The van der Waals surface area contributed by atoms with Crippen molar-refractivity contribution >= 4 is 85.6 Å². The molecule has 0 bridgehead atoms. The minimum absolute atomic E-state index is 0.647. The van der Waals surface area contributed by atoms with Gasteiger partial charge in [0.15, 0.2) is 17.5 Å². The zero-order valence-corrected chi connectivity index (χ0v) is 30.8. The van der Waals surface area contributed by atoms with Crippen LogP contribution in [0.15, 0.2) is 182 Å². The van der Waals surface area contributed by atoms with Gasteiger partial charge in [-0.25, -0.2) is 15.0 Å². The fourth-order valence-corrected chi connectivity index (χ4v) is 9.80. The molecule has 0 saturated heterocycles. The first-order chi connectivity index (χ1) is 27.7. The monoisotopic (exact) mass is 730 g/mol. The lowest BCUT2D eigenvalue weighted by Crippen LogP contribution is -2.01. The largest absolute Gasteiger partial charge is 0.309 e. The molecule has 12 rings (SSSR count). The molecule has 0 saturated carbocycles. The molecule has 0 N–H and O–H groups in total. The number of rotatable bonds is 4. The highest BCUT2D eigenvalue weighted by Gasteiger charge is 2.20. The molecule has 0 aliphatic rings. The van der Waals surface area contributed by atoms with Gasteiger partial charge in [-0.2, -0.15) is 0 Å². The summed E-state index contributed by atoms with van der Waals surface area (Å²) in [5.41, 5.74) is 6.39. The third-order valence-corrected chi connectivity index (χ3v) is 12.4. The van der Waals surface area contributed by atoms with Crippen LogP contribution in [0.25, 0.3) is 114 Å². The van der Waals surface area contributed by atoms with Gasteiger partial charge in [0.05, 0.1) is 16.7 Å². The Hall–Kier alpha value is -7.21. The highest BCUT2D eigenvalue weighted by molar-refractivity contribution is 7.26. The van der Waals surface area contributed by atoms with Crippen LogP contribution in [0.4, 0.5) is 0 Å². The summed E-state index contributed by atoms with van der Waals surface area (Å²) in [6.45, 7) is 0. The van der Waals surface area contributed by atoms with E-state index in [0.29, 0.717) is 17.5 Å². The van der Waals surface area contributed by atoms with Gasteiger partial charge in [0.1, 0.15) is 0 Å². The Labute approximate surface area is 325 Å². The van der Waals surface area contributed by atoms with Crippen molar-refractivity contribution in [3.63, 3.8) is 0 Å². The average molecular weight is 731 g/mol. The van der Waals surface area contributed by atoms with Crippen LogP contribution in [0.1, 0.15) is 0 Å². The summed E-state index contributed by atoms with van der Waals surface area (Å²) in [5, 5.41) is 12.1. The molecule has 0 aliphatic heterocycles. The second kappa shape index (κ2) is 12.2. The Bertz CT molecular complexity index is 3450. The van der Waals surface area contributed by atoms with Crippen molar-refractivity contribution in [1.82, 2.24) is 19.5 Å². The average Bonchev–Trinajstić information content (AvgIpc) is 3.79. The van der Waals surface area contributed by atoms with Gasteiger partial charge in [-0.3, -0.25) is 0 Å². The normalized spacial score (nSPS) is 11.9. The van der Waals surface area contributed by atoms with Crippen molar-refractivity contribution in [2.24, 2.45) is 0 Å². The maximum absolute atomic E-state index is 5.31. The number of hydrogen-bond acceptors (Lipinski definition) is 4. The SMILES string of the molecule is c1ccc(-c2nc(-c3cccc4c(-n5c6cc7ccccc7cc6c6cc7ccccc7cc65)cccc34)nc(-c3cccc4c3sc3ccccc34)n2)cc1. The Balaban J connectivity index is 1.13. The molecule has 0 atom stereocenters. The molecule has 12 aromatic rings. The van der Waals surface area contributed by atoms with E-state index in [-0.39, 0.29) is 0 Å². The van der Waals surface area contributed by atoms with Crippen molar-refractivity contribution in [3.8, 4) is 39.9 Å². The third-order valence-electron chi connectivity index (χ3n) is 11.2. The zero-order valence-electron chi connectivity index (χ0n) is 30.0. The van der Waals surface area contributed by atoms with E-state index in [0.717, 1.165) is 33.2 Å². The zero-order chi connectivity index (χ0) is 36.7. The predicted octanol–water partition coefficient (Wildman–Crippen LogP) is 13.8. The molecule has 260 valence electrons. The molecule has 56 heavy (non-hydrogen) atoms. The number of thiophene rings is 1. The molecule has 9 aromatic carbocycles. The standard InChI is InChI=1S/C51H30N4S/c1-2-13-31(14-3-1)49-52-50(54-51(53-49)41-24-11-22-39-38-19-8-9-26-47(38)56-48(39)41)40-23-10-21-37-36(40)20-12-25-44(37)55-45-29-34-17-6-4-15-32(34)27-42(45)43-28-33-16-5-7-18-35(33)30-46(43)55/h1-30H. The maximum Gasteiger partial charge on any atom is 0.165 e. The molecule has 0 unspecified atom stereocenters. The molecule has 0 fully saturated rings. The minimum Gasteiger partial charge on any atom is -0.309 e. The molecule has 3 aromatic heterocycles. The van der Waals surface area contributed by atoms with Gasteiger partial charge in [-0.15, -0.1) is 11.3 Å². The van der Waals surface area contributed by atoms with Crippen LogP contribution in [0.2, 0.25) is 0 Å². The third kappa shape index (κ3) is 4.75.